The van der Waals surface area contributed by atoms with Gasteiger partial charge >= 0.3 is 0 Å². The van der Waals surface area contributed by atoms with Gasteiger partial charge in [-0.15, -0.1) is 10.2 Å². The van der Waals surface area contributed by atoms with Crippen molar-refractivity contribution < 1.29 is 4.79 Å². The van der Waals surface area contributed by atoms with Gasteiger partial charge in [-0.2, -0.15) is 5.21 Å². The van der Waals surface area contributed by atoms with Gasteiger partial charge in [0.2, 0.25) is 5.91 Å². The van der Waals surface area contributed by atoms with Gasteiger partial charge in [-0.3, -0.25) is 4.79 Å². The molecule has 2 N–H and O–H groups in total. The third-order valence-corrected chi connectivity index (χ3v) is 5.32. The van der Waals surface area contributed by atoms with Crippen LogP contribution in [-0.2, 0) is 11.3 Å². The minimum atomic E-state index is -0.0848. The van der Waals surface area contributed by atoms with E-state index < -0.39 is 0 Å². The van der Waals surface area contributed by atoms with E-state index in [2.05, 4.69) is 25.9 Å². The van der Waals surface area contributed by atoms with Gasteiger partial charge < -0.3 is 5.32 Å². The zero-order valence-electron chi connectivity index (χ0n) is 10.9. The fraction of sp³-hybridized carbons (Fsp3) is 0.846. The summed E-state index contributed by atoms with van der Waals surface area (Å²) >= 11 is 0. The van der Waals surface area contributed by atoms with Gasteiger partial charge in [-0.1, -0.05) is 5.21 Å². The van der Waals surface area contributed by atoms with Crippen LogP contribution in [0.5, 0.6) is 0 Å². The molecule has 6 nitrogen and oxygen atoms in total. The van der Waals surface area contributed by atoms with Gasteiger partial charge in [0.15, 0.2) is 5.82 Å². The molecule has 4 aliphatic carbocycles. The quantitative estimate of drug-likeness (QED) is 0.851. The van der Waals surface area contributed by atoms with Crippen molar-refractivity contribution in [3.63, 3.8) is 0 Å². The van der Waals surface area contributed by atoms with Gasteiger partial charge in [-0.25, -0.2) is 0 Å². The molecule has 0 saturated heterocycles. The molecule has 0 spiro atoms. The van der Waals surface area contributed by atoms with Crippen molar-refractivity contribution in [2.24, 2.45) is 23.2 Å². The number of hydrogen-bond donors (Lipinski definition) is 2. The number of nitrogens with one attached hydrogen (secondary N) is 2. The highest BCUT2D eigenvalue weighted by molar-refractivity contribution is 5.83. The summed E-state index contributed by atoms with van der Waals surface area (Å²) in [6.07, 6.45) is 7.36. The summed E-state index contributed by atoms with van der Waals surface area (Å²) in [6, 6.07) is 0. The van der Waals surface area contributed by atoms with Crippen LogP contribution >= 0.6 is 0 Å². The molecule has 4 fully saturated rings. The molecule has 4 saturated carbocycles. The number of aromatic nitrogens is 4. The lowest BCUT2D eigenvalue weighted by Gasteiger charge is -2.55. The third-order valence-electron chi connectivity index (χ3n) is 5.32. The Labute approximate surface area is 111 Å². The lowest BCUT2D eigenvalue weighted by Crippen LogP contribution is -2.53. The highest BCUT2D eigenvalue weighted by atomic mass is 16.2. The van der Waals surface area contributed by atoms with Crippen molar-refractivity contribution in [3.05, 3.63) is 5.82 Å². The first kappa shape index (κ1) is 11.4. The highest BCUT2D eigenvalue weighted by Crippen LogP contribution is 2.60. The number of rotatable bonds is 3. The second kappa shape index (κ2) is 4.02. The molecule has 0 radical (unpaired) electrons. The van der Waals surface area contributed by atoms with Crippen LogP contribution in [0.2, 0.25) is 0 Å². The minimum absolute atomic E-state index is 0.0848. The molecule has 5 rings (SSSR count). The van der Waals surface area contributed by atoms with E-state index in [9.17, 15) is 4.79 Å². The Kier molecular flexibility index (Phi) is 2.40. The van der Waals surface area contributed by atoms with Crippen molar-refractivity contribution in [1.82, 2.24) is 25.9 Å². The van der Waals surface area contributed by atoms with Gasteiger partial charge in [0.05, 0.1) is 6.54 Å². The number of hydrogen-bond acceptors (Lipinski definition) is 4. The van der Waals surface area contributed by atoms with Crippen LogP contribution in [-0.4, -0.2) is 26.5 Å². The van der Waals surface area contributed by atoms with Crippen molar-refractivity contribution in [2.75, 3.05) is 0 Å². The first-order valence-electron chi connectivity index (χ1n) is 7.24. The third kappa shape index (κ3) is 1.84. The van der Waals surface area contributed by atoms with Crippen LogP contribution in [0.25, 0.3) is 0 Å². The van der Waals surface area contributed by atoms with Crippen LogP contribution in [0.4, 0.5) is 0 Å². The Morgan fingerprint density at radius 1 is 1.21 bits per heavy atom. The average molecular weight is 261 g/mol. The molecule has 102 valence electrons. The highest BCUT2D eigenvalue weighted by Gasteiger charge is 2.54. The Balaban J connectivity index is 1.47. The van der Waals surface area contributed by atoms with Gasteiger partial charge in [-0.05, 0) is 56.3 Å². The van der Waals surface area contributed by atoms with Gasteiger partial charge in [0.1, 0.15) is 0 Å². The van der Waals surface area contributed by atoms with E-state index in [1.54, 1.807) is 0 Å². The molecular weight excluding hydrogens is 242 g/mol. The van der Waals surface area contributed by atoms with Crippen LogP contribution < -0.4 is 5.32 Å². The molecule has 4 bridgehead atoms. The molecular formula is C13H19N5O. The zero-order valence-corrected chi connectivity index (χ0v) is 10.9. The van der Waals surface area contributed by atoms with E-state index in [0.29, 0.717) is 12.4 Å². The van der Waals surface area contributed by atoms with E-state index >= 15 is 0 Å². The van der Waals surface area contributed by atoms with Gasteiger partial charge in [0, 0.05) is 5.41 Å². The van der Waals surface area contributed by atoms with Crippen molar-refractivity contribution in [2.45, 2.75) is 45.1 Å². The van der Waals surface area contributed by atoms with Crippen LogP contribution in [0.1, 0.15) is 44.3 Å². The number of nitrogens with zero attached hydrogens (tertiary/aromatic N) is 3. The Hall–Kier alpha value is -1.46. The number of carbonyl (C=O) groups is 1. The topological polar surface area (TPSA) is 83.6 Å². The summed E-state index contributed by atoms with van der Waals surface area (Å²) < 4.78 is 0. The molecule has 19 heavy (non-hydrogen) atoms. The van der Waals surface area contributed by atoms with E-state index in [1.165, 1.54) is 19.3 Å². The Bertz CT molecular complexity index is 448. The number of amides is 1. The molecule has 0 aromatic carbocycles. The SMILES string of the molecule is O=C(NCc1nn[nH]n1)C12CC3CC(CC(C3)C1)C2. The number of tetrazole rings is 1. The number of carbonyl (C=O) groups excluding carboxylic acids is 1. The largest absolute Gasteiger partial charge is 0.348 e. The Morgan fingerprint density at radius 3 is 2.37 bits per heavy atom. The van der Waals surface area contributed by atoms with Crippen LogP contribution in [0.15, 0.2) is 0 Å². The molecule has 6 heteroatoms. The fourth-order valence-electron chi connectivity index (χ4n) is 4.99. The van der Waals surface area contributed by atoms with E-state index in [1.807, 2.05) is 0 Å². The number of aromatic amines is 1. The summed E-state index contributed by atoms with van der Waals surface area (Å²) in [5, 5.41) is 16.7. The Morgan fingerprint density at radius 2 is 1.84 bits per heavy atom. The number of H-pyrrole nitrogens is 1. The van der Waals surface area contributed by atoms with E-state index in [4.69, 9.17) is 0 Å². The first-order valence-corrected chi connectivity index (χ1v) is 7.24. The molecule has 1 aromatic heterocycles. The lowest BCUT2D eigenvalue weighted by atomic mass is 9.49. The molecule has 0 aliphatic heterocycles. The predicted molar refractivity (Wildman–Crippen MR) is 66.6 cm³/mol. The van der Waals surface area contributed by atoms with Crippen LogP contribution in [0, 0.1) is 23.2 Å². The molecule has 1 aromatic rings. The zero-order chi connectivity index (χ0) is 12.9. The normalized spacial score (nSPS) is 39.5. The van der Waals surface area contributed by atoms with Crippen LogP contribution in [0.3, 0.4) is 0 Å². The maximum Gasteiger partial charge on any atom is 0.226 e. The fourth-order valence-corrected chi connectivity index (χ4v) is 4.99. The van der Waals surface area contributed by atoms with Gasteiger partial charge in [0.25, 0.3) is 0 Å². The average Bonchev–Trinajstić information content (AvgIpc) is 2.87. The summed E-state index contributed by atoms with van der Waals surface area (Å²) in [7, 11) is 0. The smallest absolute Gasteiger partial charge is 0.226 e. The summed E-state index contributed by atoms with van der Waals surface area (Å²) in [5.74, 6) is 3.15. The van der Waals surface area contributed by atoms with E-state index in [-0.39, 0.29) is 11.3 Å². The molecule has 1 amide bonds. The standard InChI is InChI=1S/C13H19N5O/c19-12(14-7-11-15-17-18-16-11)13-4-8-1-9(5-13)3-10(2-8)6-13/h8-10H,1-7H2,(H,14,19)(H,15,16,17,18). The molecule has 0 unspecified atom stereocenters. The lowest BCUT2D eigenvalue weighted by molar-refractivity contribution is -0.146. The summed E-state index contributed by atoms with van der Waals surface area (Å²) in [5.41, 5.74) is -0.0848. The van der Waals surface area contributed by atoms with Crippen molar-refractivity contribution in [3.8, 4) is 0 Å². The van der Waals surface area contributed by atoms with Crippen molar-refractivity contribution >= 4 is 5.91 Å². The summed E-state index contributed by atoms with van der Waals surface area (Å²) in [4.78, 5) is 12.6. The van der Waals surface area contributed by atoms with Crippen molar-refractivity contribution in [1.29, 1.82) is 0 Å². The second-order valence-corrected chi connectivity index (χ2v) is 6.71. The molecule has 0 atom stereocenters. The second-order valence-electron chi connectivity index (χ2n) is 6.71. The monoisotopic (exact) mass is 261 g/mol. The predicted octanol–water partition coefficient (Wildman–Crippen LogP) is 1.03. The first-order chi connectivity index (χ1) is 9.23. The maximum atomic E-state index is 12.6. The molecule has 1 heterocycles. The summed E-state index contributed by atoms with van der Waals surface area (Å²) in [6.45, 7) is 0.386. The maximum absolute atomic E-state index is 12.6. The van der Waals surface area contributed by atoms with E-state index in [0.717, 1.165) is 37.0 Å². The molecule has 4 aliphatic rings. The minimum Gasteiger partial charge on any atom is -0.348 e.